The lowest BCUT2D eigenvalue weighted by Crippen LogP contribution is -2.30. The first-order chi connectivity index (χ1) is 8.20. The summed E-state index contributed by atoms with van der Waals surface area (Å²) in [6, 6.07) is 3.41. The van der Waals surface area contributed by atoms with Crippen molar-refractivity contribution in [3.8, 4) is 0 Å². The highest BCUT2D eigenvalue weighted by Gasteiger charge is 2.29. The van der Waals surface area contributed by atoms with Gasteiger partial charge in [-0.1, -0.05) is 12.1 Å². The van der Waals surface area contributed by atoms with Gasteiger partial charge in [-0.2, -0.15) is 17.6 Å². The molecule has 0 aliphatic rings. The van der Waals surface area contributed by atoms with Crippen LogP contribution in [0.25, 0.3) is 0 Å². The van der Waals surface area contributed by atoms with Crippen LogP contribution in [0.15, 0.2) is 18.2 Å². The average molecular weight is 266 g/mol. The van der Waals surface area contributed by atoms with Crippen molar-refractivity contribution < 1.29 is 22.5 Å². The Kier molecular flexibility index (Phi) is 4.23. The molecule has 0 heterocycles. The topological polar surface area (TPSA) is 46.4 Å². The van der Waals surface area contributed by atoms with Crippen LogP contribution in [0.2, 0.25) is 0 Å². The molecule has 0 unspecified atom stereocenters. The smallest absolute Gasteiger partial charge is 0.294 e. The van der Waals surface area contributed by atoms with Gasteiger partial charge >= 0.3 is 11.9 Å². The Labute approximate surface area is 100.0 Å². The van der Waals surface area contributed by atoms with E-state index >= 15 is 0 Å². The molecule has 0 aliphatic heterocycles. The van der Waals surface area contributed by atoms with Crippen LogP contribution in [0.1, 0.15) is 5.56 Å². The van der Waals surface area contributed by atoms with Crippen molar-refractivity contribution in [3.63, 3.8) is 0 Å². The lowest BCUT2D eigenvalue weighted by Gasteiger charge is -2.18. The molecule has 0 aromatic heterocycles. The van der Waals surface area contributed by atoms with Crippen LogP contribution in [-0.4, -0.2) is 29.6 Å². The predicted octanol–water partition coefficient (Wildman–Crippen LogP) is 2.73. The van der Waals surface area contributed by atoms with Crippen molar-refractivity contribution in [2.75, 3.05) is 13.6 Å². The quantitative estimate of drug-likeness (QED) is 0.478. The summed E-state index contributed by atoms with van der Waals surface area (Å²) in [5.41, 5.74) is -0.885. The minimum atomic E-state index is -4.40. The van der Waals surface area contributed by atoms with Gasteiger partial charge in [0.15, 0.2) is 0 Å². The van der Waals surface area contributed by atoms with Gasteiger partial charge in [0.2, 0.25) is 5.82 Å². The molecule has 0 bridgehead atoms. The highest BCUT2D eigenvalue weighted by Crippen LogP contribution is 2.22. The minimum absolute atomic E-state index is 0.143. The predicted molar refractivity (Wildman–Crippen MR) is 55.4 cm³/mol. The molecule has 8 heteroatoms. The molecule has 0 aliphatic carbocycles. The number of nitro benzene ring substituents is 1. The monoisotopic (exact) mass is 266 g/mol. The number of benzene rings is 1. The fourth-order valence-electron chi connectivity index (χ4n) is 1.48. The molecule has 18 heavy (non-hydrogen) atoms. The molecule has 1 aromatic carbocycles. The van der Waals surface area contributed by atoms with Crippen molar-refractivity contribution in [3.05, 3.63) is 39.7 Å². The van der Waals surface area contributed by atoms with Crippen molar-refractivity contribution in [2.45, 2.75) is 12.7 Å². The Morgan fingerprint density at radius 1 is 1.39 bits per heavy atom. The number of nitrogens with zero attached hydrogens (tertiary/aromatic N) is 2. The van der Waals surface area contributed by atoms with E-state index in [1.807, 2.05) is 0 Å². The normalized spacial score (nSPS) is 11.9. The summed E-state index contributed by atoms with van der Waals surface area (Å²) in [7, 11) is 1.16. The molecule has 0 saturated heterocycles. The first-order valence-electron chi connectivity index (χ1n) is 4.88. The van der Waals surface area contributed by atoms with Crippen LogP contribution < -0.4 is 0 Å². The maximum atomic E-state index is 13.6. The Hall–Kier alpha value is -1.70. The SMILES string of the molecule is CN(Cc1cccc([N+](=O)[O-])c1F)CC(F)(F)F. The number of hydrogen-bond acceptors (Lipinski definition) is 3. The number of rotatable bonds is 4. The van der Waals surface area contributed by atoms with Gasteiger partial charge in [0.05, 0.1) is 11.5 Å². The summed E-state index contributed by atoms with van der Waals surface area (Å²) in [5, 5.41) is 10.5. The Morgan fingerprint density at radius 2 is 2.00 bits per heavy atom. The molecule has 0 saturated carbocycles. The number of halogens is 4. The molecule has 0 radical (unpaired) electrons. The third-order valence-electron chi connectivity index (χ3n) is 2.14. The van der Waals surface area contributed by atoms with Crippen LogP contribution in [0, 0.1) is 15.9 Å². The van der Waals surface area contributed by atoms with E-state index in [1.54, 1.807) is 0 Å². The second kappa shape index (κ2) is 5.30. The maximum absolute atomic E-state index is 13.6. The van der Waals surface area contributed by atoms with Gasteiger partial charge in [0.25, 0.3) is 0 Å². The zero-order valence-corrected chi connectivity index (χ0v) is 9.37. The Bertz CT molecular complexity index is 448. The first-order valence-corrected chi connectivity index (χ1v) is 4.88. The summed E-state index contributed by atoms with van der Waals surface area (Å²) >= 11 is 0. The summed E-state index contributed by atoms with van der Waals surface area (Å²) in [5.74, 6) is -1.10. The third-order valence-corrected chi connectivity index (χ3v) is 2.14. The summed E-state index contributed by atoms with van der Waals surface area (Å²) < 4.78 is 49.8. The van der Waals surface area contributed by atoms with Crippen LogP contribution in [-0.2, 0) is 6.54 Å². The second-order valence-corrected chi connectivity index (χ2v) is 3.79. The van der Waals surface area contributed by atoms with Gasteiger partial charge in [-0.15, -0.1) is 0 Å². The maximum Gasteiger partial charge on any atom is 0.401 e. The van der Waals surface area contributed by atoms with E-state index in [0.29, 0.717) is 0 Å². The van der Waals surface area contributed by atoms with Crippen molar-refractivity contribution >= 4 is 5.69 Å². The van der Waals surface area contributed by atoms with Gasteiger partial charge < -0.3 is 0 Å². The van der Waals surface area contributed by atoms with Gasteiger partial charge in [-0.05, 0) is 7.05 Å². The van der Waals surface area contributed by atoms with E-state index in [-0.39, 0.29) is 12.1 Å². The van der Waals surface area contributed by atoms with Gasteiger partial charge in [0.1, 0.15) is 0 Å². The molecule has 0 atom stereocenters. The molecular formula is C10H10F4N2O2. The lowest BCUT2D eigenvalue weighted by molar-refractivity contribution is -0.387. The molecule has 4 nitrogen and oxygen atoms in total. The molecular weight excluding hydrogens is 256 g/mol. The standard InChI is InChI=1S/C10H10F4N2O2/c1-15(6-10(12,13)14)5-7-3-2-4-8(9(7)11)16(17)18/h2-4H,5-6H2,1H3. The van der Waals surface area contributed by atoms with Crippen LogP contribution in [0.5, 0.6) is 0 Å². The third kappa shape index (κ3) is 3.95. The molecule has 1 rings (SSSR count). The zero-order valence-electron chi connectivity index (χ0n) is 9.37. The van der Waals surface area contributed by atoms with Crippen LogP contribution >= 0.6 is 0 Å². The number of nitro groups is 1. The summed E-state index contributed by atoms with van der Waals surface area (Å²) in [6.07, 6.45) is -4.40. The molecule has 0 fully saturated rings. The molecule has 0 amide bonds. The molecule has 100 valence electrons. The van der Waals surface area contributed by atoms with E-state index < -0.39 is 29.1 Å². The summed E-state index contributed by atoms with van der Waals surface area (Å²) in [4.78, 5) is 10.4. The number of alkyl halides is 3. The highest BCUT2D eigenvalue weighted by atomic mass is 19.4. The van der Waals surface area contributed by atoms with Crippen molar-refractivity contribution in [2.24, 2.45) is 0 Å². The fourth-order valence-corrected chi connectivity index (χ4v) is 1.48. The Balaban J connectivity index is 2.85. The molecule has 0 N–H and O–H groups in total. The number of hydrogen-bond donors (Lipinski definition) is 0. The van der Waals surface area contributed by atoms with Crippen LogP contribution in [0.4, 0.5) is 23.2 Å². The average Bonchev–Trinajstić information content (AvgIpc) is 2.17. The minimum Gasteiger partial charge on any atom is -0.294 e. The highest BCUT2D eigenvalue weighted by molar-refractivity contribution is 5.36. The van der Waals surface area contributed by atoms with Gasteiger partial charge in [0, 0.05) is 18.2 Å². The van der Waals surface area contributed by atoms with E-state index in [1.165, 1.54) is 12.1 Å². The fraction of sp³-hybridized carbons (Fsp3) is 0.400. The Morgan fingerprint density at radius 3 is 2.50 bits per heavy atom. The largest absolute Gasteiger partial charge is 0.401 e. The van der Waals surface area contributed by atoms with Crippen molar-refractivity contribution in [1.29, 1.82) is 0 Å². The summed E-state index contributed by atoms with van der Waals surface area (Å²) in [6.45, 7) is -1.57. The van der Waals surface area contributed by atoms with Crippen molar-refractivity contribution in [1.82, 2.24) is 4.90 Å². The van der Waals surface area contributed by atoms with Gasteiger partial charge in [-0.3, -0.25) is 15.0 Å². The molecule has 1 aromatic rings. The van der Waals surface area contributed by atoms with Crippen LogP contribution in [0.3, 0.4) is 0 Å². The van der Waals surface area contributed by atoms with E-state index in [9.17, 15) is 27.7 Å². The van der Waals surface area contributed by atoms with E-state index in [2.05, 4.69) is 0 Å². The first kappa shape index (κ1) is 14.4. The second-order valence-electron chi connectivity index (χ2n) is 3.79. The van der Waals surface area contributed by atoms with E-state index in [0.717, 1.165) is 18.0 Å². The van der Waals surface area contributed by atoms with Gasteiger partial charge in [-0.25, -0.2) is 0 Å². The zero-order chi connectivity index (χ0) is 13.9. The lowest BCUT2D eigenvalue weighted by atomic mass is 10.1. The van der Waals surface area contributed by atoms with E-state index in [4.69, 9.17) is 0 Å². The molecule has 0 spiro atoms.